The first-order chi connectivity index (χ1) is 8.05. The molecule has 0 radical (unpaired) electrons. The van der Waals surface area contributed by atoms with E-state index in [2.05, 4.69) is 4.98 Å². The van der Waals surface area contributed by atoms with Crippen LogP contribution in [0.4, 0.5) is 30.5 Å². The molecule has 0 bridgehead atoms. The number of nitrogens with zero attached hydrogens (tertiary/aromatic N) is 2. The molecule has 0 aliphatic rings. The Morgan fingerprint density at radius 3 is 2.11 bits per heavy atom. The molecule has 0 atom stereocenters. The van der Waals surface area contributed by atoms with Crippen molar-refractivity contribution in [2.75, 3.05) is 11.5 Å². The molecule has 0 saturated carbocycles. The van der Waals surface area contributed by atoms with Crippen molar-refractivity contribution in [3.8, 4) is 0 Å². The normalized spacial score (nSPS) is 10.2. The Morgan fingerprint density at radius 2 is 1.83 bits per heavy atom. The van der Waals surface area contributed by atoms with E-state index in [0.29, 0.717) is 0 Å². The third-order valence-corrected chi connectivity index (χ3v) is 1.36. The molecule has 1 rings (SSSR count). The highest BCUT2D eigenvalue weighted by molar-refractivity contribution is 5.73. The standard InChI is InChI=1S/C5H6N4O2.C2HF3O2/c6-4-2-1-3(9(10)11)5(7)8-4;3-2(4,5)1(6)7/h1-2H,(H4,6,7,8);(H,6,7). The fourth-order valence-electron chi connectivity index (χ4n) is 0.638. The average molecular weight is 268 g/mol. The number of carboxylic acid groups (broad SMARTS) is 1. The van der Waals surface area contributed by atoms with Crippen LogP contribution in [0.15, 0.2) is 12.1 Å². The zero-order chi connectivity index (χ0) is 14.5. The number of pyridine rings is 1. The van der Waals surface area contributed by atoms with Gasteiger partial charge in [0.15, 0.2) is 0 Å². The minimum absolute atomic E-state index is 0.157. The molecule has 1 aromatic heterocycles. The van der Waals surface area contributed by atoms with Gasteiger partial charge in [-0.2, -0.15) is 13.2 Å². The van der Waals surface area contributed by atoms with Crippen molar-refractivity contribution in [3.05, 3.63) is 22.2 Å². The van der Waals surface area contributed by atoms with E-state index in [9.17, 15) is 23.3 Å². The lowest BCUT2D eigenvalue weighted by Crippen LogP contribution is -2.21. The lowest BCUT2D eigenvalue weighted by Gasteiger charge is -1.95. The van der Waals surface area contributed by atoms with Crippen molar-refractivity contribution in [3.63, 3.8) is 0 Å². The molecular weight excluding hydrogens is 261 g/mol. The average Bonchev–Trinajstić information content (AvgIpc) is 2.15. The molecule has 0 aliphatic carbocycles. The number of aromatic nitrogens is 1. The lowest BCUT2D eigenvalue weighted by molar-refractivity contribution is -0.384. The number of nitrogen functional groups attached to an aromatic ring is 2. The predicted molar refractivity (Wildman–Crippen MR) is 53.4 cm³/mol. The third kappa shape index (κ3) is 4.96. The Morgan fingerprint density at radius 1 is 1.39 bits per heavy atom. The van der Waals surface area contributed by atoms with Gasteiger partial charge in [0.05, 0.1) is 4.92 Å². The first-order valence-corrected chi connectivity index (χ1v) is 4.02. The molecule has 0 amide bonds. The Labute approximate surface area is 97.2 Å². The molecule has 11 heteroatoms. The van der Waals surface area contributed by atoms with Crippen molar-refractivity contribution in [2.24, 2.45) is 0 Å². The van der Waals surface area contributed by atoms with Gasteiger partial charge in [-0.1, -0.05) is 0 Å². The van der Waals surface area contributed by atoms with Gasteiger partial charge in [-0.05, 0) is 6.07 Å². The van der Waals surface area contributed by atoms with E-state index in [4.69, 9.17) is 21.4 Å². The van der Waals surface area contributed by atoms with Crippen LogP contribution in [0.2, 0.25) is 0 Å². The fraction of sp³-hybridized carbons (Fsp3) is 0.143. The number of aliphatic carboxylic acids is 1. The highest BCUT2D eigenvalue weighted by Gasteiger charge is 2.38. The van der Waals surface area contributed by atoms with Crippen molar-refractivity contribution in [1.29, 1.82) is 0 Å². The Bertz CT molecular complexity index is 462. The van der Waals surface area contributed by atoms with Crippen molar-refractivity contribution >= 4 is 23.3 Å². The number of halogens is 3. The van der Waals surface area contributed by atoms with E-state index in [0.717, 1.165) is 0 Å². The third-order valence-electron chi connectivity index (χ3n) is 1.36. The van der Waals surface area contributed by atoms with Crippen LogP contribution in [0.1, 0.15) is 0 Å². The number of carbonyl (C=O) groups is 1. The van der Waals surface area contributed by atoms with Gasteiger partial charge in [0.2, 0.25) is 5.82 Å². The molecule has 1 aromatic rings. The molecule has 5 N–H and O–H groups in total. The van der Waals surface area contributed by atoms with Gasteiger partial charge in [0.1, 0.15) is 5.82 Å². The highest BCUT2D eigenvalue weighted by Crippen LogP contribution is 2.18. The summed E-state index contributed by atoms with van der Waals surface area (Å²) < 4.78 is 31.7. The summed E-state index contributed by atoms with van der Waals surface area (Å²) in [5.74, 6) is -2.74. The van der Waals surface area contributed by atoms with E-state index in [1.54, 1.807) is 0 Å². The molecule has 0 fully saturated rings. The molecule has 0 aromatic carbocycles. The maximum atomic E-state index is 10.6. The highest BCUT2D eigenvalue weighted by atomic mass is 19.4. The van der Waals surface area contributed by atoms with Gasteiger partial charge in [-0.3, -0.25) is 10.1 Å². The van der Waals surface area contributed by atoms with Crippen molar-refractivity contribution in [2.45, 2.75) is 6.18 Å². The number of rotatable bonds is 1. The molecule has 0 saturated heterocycles. The summed E-state index contributed by atoms with van der Waals surface area (Å²) in [7, 11) is 0. The first-order valence-electron chi connectivity index (χ1n) is 4.02. The van der Waals surface area contributed by atoms with Gasteiger partial charge in [0.25, 0.3) is 0 Å². The number of alkyl halides is 3. The topological polar surface area (TPSA) is 145 Å². The van der Waals surface area contributed by atoms with Gasteiger partial charge in [-0.25, -0.2) is 9.78 Å². The van der Waals surface area contributed by atoms with E-state index < -0.39 is 17.1 Å². The second-order valence-corrected chi connectivity index (χ2v) is 2.70. The Kier molecular flexibility index (Phi) is 4.84. The number of anilines is 2. The second-order valence-electron chi connectivity index (χ2n) is 2.70. The van der Waals surface area contributed by atoms with Crippen LogP contribution >= 0.6 is 0 Å². The number of nitro groups is 1. The minimum Gasteiger partial charge on any atom is -0.475 e. The Balaban J connectivity index is 0.000000360. The van der Waals surface area contributed by atoms with Crippen LogP contribution in [-0.4, -0.2) is 27.2 Å². The SMILES string of the molecule is Nc1ccc([N+](=O)[O-])c(N)n1.O=C(O)C(F)(F)F. The van der Waals surface area contributed by atoms with E-state index >= 15 is 0 Å². The number of hydrogen-bond acceptors (Lipinski definition) is 6. The minimum atomic E-state index is -5.08. The molecule has 0 spiro atoms. The zero-order valence-electron chi connectivity index (χ0n) is 8.51. The van der Waals surface area contributed by atoms with Crippen LogP contribution in [0.25, 0.3) is 0 Å². The predicted octanol–water partition coefficient (Wildman–Crippen LogP) is 0.787. The molecular formula is C7H7F3N4O4. The molecule has 0 aliphatic heterocycles. The maximum Gasteiger partial charge on any atom is 0.490 e. The zero-order valence-corrected chi connectivity index (χ0v) is 8.51. The van der Waals surface area contributed by atoms with Crippen LogP contribution in [0.5, 0.6) is 0 Å². The molecule has 100 valence electrons. The summed E-state index contributed by atoms with van der Waals surface area (Å²) in [6.45, 7) is 0. The number of hydrogen-bond donors (Lipinski definition) is 3. The summed E-state index contributed by atoms with van der Waals surface area (Å²) in [5, 5.41) is 17.3. The summed E-state index contributed by atoms with van der Waals surface area (Å²) in [5.41, 5.74) is 10.2. The maximum absolute atomic E-state index is 10.6. The first kappa shape index (κ1) is 15.4. The number of carboxylic acids is 1. The molecule has 1 heterocycles. The van der Waals surface area contributed by atoms with Crippen molar-refractivity contribution in [1.82, 2.24) is 4.98 Å². The molecule has 0 unspecified atom stereocenters. The van der Waals surface area contributed by atoms with Crippen LogP contribution in [0, 0.1) is 10.1 Å². The second kappa shape index (κ2) is 5.65. The lowest BCUT2D eigenvalue weighted by atomic mass is 10.4. The quantitative estimate of drug-likeness (QED) is 0.504. The molecule has 18 heavy (non-hydrogen) atoms. The van der Waals surface area contributed by atoms with E-state index in [1.807, 2.05) is 0 Å². The van der Waals surface area contributed by atoms with Crippen LogP contribution in [0.3, 0.4) is 0 Å². The van der Waals surface area contributed by atoms with Crippen molar-refractivity contribution < 1.29 is 28.0 Å². The van der Waals surface area contributed by atoms with Crippen LogP contribution < -0.4 is 11.5 Å². The monoisotopic (exact) mass is 268 g/mol. The van der Waals surface area contributed by atoms with Gasteiger partial charge >= 0.3 is 17.8 Å². The van der Waals surface area contributed by atoms with Gasteiger partial charge in [-0.15, -0.1) is 0 Å². The summed E-state index contributed by atoms with van der Waals surface area (Å²) in [6.07, 6.45) is -5.08. The van der Waals surface area contributed by atoms with E-state index in [-0.39, 0.29) is 17.3 Å². The summed E-state index contributed by atoms with van der Waals surface area (Å²) >= 11 is 0. The largest absolute Gasteiger partial charge is 0.490 e. The fourth-order valence-corrected chi connectivity index (χ4v) is 0.638. The van der Waals surface area contributed by atoms with Crippen LogP contribution in [-0.2, 0) is 4.79 Å². The van der Waals surface area contributed by atoms with Gasteiger partial charge < -0.3 is 16.6 Å². The van der Waals surface area contributed by atoms with E-state index in [1.165, 1.54) is 12.1 Å². The van der Waals surface area contributed by atoms with Gasteiger partial charge in [0, 0.05) is 6.07 Å². The smallest absolute Gasteiger partial charge is 0.475 e. The summed E-state index contributed by atoms with van der Waals surface area (Å²) in [6, 6.07) is 2.55. The number of nitrogens with two attached hydrogens (primary N) is 2. The summed E-state index contributed by atoms with van der Waals surface area (Å²) in [4.78, 5) is 22.0. The Hall–Kier alpha value is -2.59. The molecule has 8 nitrogen and oxygen atoms in total.